The van der Waals surface area contributed by atoms with Crippen molar-refractivity contribution in [2.45, 2.75) is 19.8 Å². The zero-order valence-corrected chi connectivity index (χ0v) is 16.0. The Balaban J connectivity index is 2.69. The van der Waals surface area contributed by atoms with Crippen LogP contribution in [-0.4, -0.2) is 58.3 Å². The highest BCUT2D eigenvalue weighted by molar-refractivity contribution is 5.89. The van der Waals surface area contributed by atoms with Crippen molar-refractivity contribution in [3.05, 3.63) is 23.8 Å². The van der Waals surface area contributed by atoms with E-state index in [1.165, 1.54) is 27.4 Å². The van der Waals surface area contributed by atoms with Crippen LogP contribution >= 0.6 is 0 Å². The average Bonchev–Trinajstić information content (AvgIpc) is 2.67. The lowest BCUT2D eigenvalue weighted by molar-refractivity contribution is -0.147. The molecule has 0 saturated heterocycles. The zero-order valence-electron chi connectivity index (χ0n) is 16.0. The smallest absolute Gasteiger partial charge is 0.331 e. The Kier molecular flexibility index (Phi) is 9.05. The molecule has 26 heavy (non-hydrogen) atoms. The molecule has 1 aromatic rings. The molecule has 1 aromatic carbocycles. The Morgan fingerprint density at radius 3 is 2.19 bits per heavy atom. The largest absolute Gasteiger partial charge is 0.493 e. The number of rotatable bonds is 10. The summed E-state index contributed by atoms with van der Waals surface area (Å²) >= 11 is 0. The van der Waals surface area contributed by atoms with Crippen molar-refractivity contribution in [3.63, 3.8) is 0 Å². The van der Waals surface area contributed by atoms with Crippen LogP contribution in [-0.2, 0) is 14.3 Å². The fraction of sp³-hybridized carbons (Fsp3) is 0.474. The van der Waals surface area contributed by atoms with Gasteiger partial charge in [0.15, 0.2) is 18.1 Å². The van der Waals surface area contributed by atoms with Gasteiger partial charge in [-0.05, 0) is 30.2 Å². The van der Waals surface area contributed by atoms with E-state index in [9.17, 15) is 9.59 Å². The summed E-state index contributed by atoms with van der Waals surface area (Å²) in [5.41, 5.74) is 0.669. The number of carbonyl (C=O) groups is 2. The topological polar surface area (TPSA) is 74.3 Å². The maximum atomic E-state index is 11.8. The predicted molar refractivity (Wildman–Crippen MR) is 98.6 cm³/mol. The molecule has 7 nitrogen and oxygen atoms in total. The first-order chi connectivity index (χ1) is 12.5. The number of hydrogen-bond acceptors (Lipinski definition) is 6. The van der Waals surface area contributed by atoms with Crippen molar-refractivity contribution in [2.24, 2.45) is 0 Å². The third kappa shape index (κ3) is 6.31. The number of nitrogens with zero attached hydrogens (tertiary/aromatic N) is 1. The van der Waals surface area contributed by atoms with Gasteiger partial charge in [-0.1, -0.05) is 13.3 Å². The Hall–Kier alpha value is -2.70. The molecule has 0 aliphatic heterocycles. The summed E-state index contributed by atoms with van der Waals surface area (Å²) in [6.07, 6.45) is 4.71. The number of likely N-dealkylation sites (N-methyl/N-ethyl adjacent to an activating group) is 1. The van der Waals surface area contributed by atoms with Gasteiger partial charge in [0.05, 0.1) is 21.3 Å². The van der Waals surface area contributed by atoms with Gasteiger partial charge in [0.25, 0.3) is 5.91 Å². The molecule has 0 saturated carbocycles. The summed E-state index contributed by atoms with van der Waals surface area (Å²) < 4.78 is 20.7. The summed E-state index contributed by atoms with van der Waals surface area (Å²) in [7, 11) is 6.23. The van der Waals surface area contributed by atoms with E-state index in [2.05, 4.69) is 0 Å². The highest BCUT2D eigenvalue weighted by atomic mass is 16.5. The summed E-state index contributed by atoms with van der Waals surface area (Å²) in [6.45, 7) is 2.42. The minimum absolute atomic E-state index is 0.229. The highest BCUT2D eigenvalue weighted by Crippen LogP contribution is 2.38. The number of unbranched alkanes of at least 4 members (excludes halogenated alkanes) is 1. The summed E-state index contributed by atoms with van der Waals surface area (Å²) in [5.74, 6) is 0.597. The lowest BCUT2D eigenvalue weighted by Crippen LogP contribution is -2.31. The monoisotopic (exact) mass is 365 g/mol. The molecule has 0 radical (unpaired) electrons. The first-order valence-electron chi connectivity index (χ1n) is 8.35. The minimum Gasteiger partial charge on any atom is -0.493 e. The Labute approximate surface area is 154 Å². The molecule has 7 heteroatoms. The van der Waals surface area contributed by atoms with Crippen molar-refractivity contribution in [3.8, 4) is 17.2 Å². The van der Waals surface area contributed by atoms with Crippen LogP contribution in [0.2, 0.25) is 0 Å². The lowest BCUT2D eigenvalue weighted by Gasteiger charge is -2.16. The van der Waals surface area contributed by atoms with Crippen LogP contribution in [0.3, 0.4) is 0 Å². The van der Waals surface area contributed by atoms with Gasteiger partial charge in [0, 0.05) is 19.7 Å². The molecule has 0 heterocycles. The molecule has 0 bridgehead atoms. The number of methoxy groups -OCH3 is 3. The third-order valence-corrected chi connectivity index (χ3v) is 3.71. The van der Waals surface area contributed by atoms with Gasteiger partial charge in [-0.2, -0.15) is 0 Å². The molecule has 0 fully saturated rings. The molecule has 0 aliphatic rings. The third-order valence-electron chi connectivity index (χ3n) is 3.71. The van der Waals surface area contributed by atoms with Gasteiger partial charge < -0.3 is 23.8 Å². The number of ether oxygens (including phenoxy) is 4. The molecule has 144 valence electrons. The molecule has 0 unspecified atom stereocenters. The van der Waals surface area contributed by atoms with E-state index in [1.807, 2.05) is 6.92 Å². The van der Waals surface area contributed by atoms with Crippen LogP contribution in [0.15, 0.2) is 18.2 Å². The molecule has 0 aliphatic carbocycles. The molecule has 0 aromatic heterocycles. The van der Waals surface area contributed by atoms with E-state index >= 15 is 0 Å². The van der Waals surface area contributed by atoms with Crippen molar-refractivity contribution in [2.75, 3.05) is 41.5 Å². The predicted octanol–water partition coefficient (Wildman–Crippen LogP) is 2.53. The number of esters is 1. The van der Waals surface area contributed by atoms with E-state index in [1.54, 1.807) is 30.2 Å². The number of benzene rings is 1. The summed E-state index contributed by atoms with van der Waals surface area (Å²) in [6, 6.07) is 3.41. The zero-order chi connectivity index (χ0) is 19.5. The normalized spacial score (nSPS) is 10.5. The summed E-state index contributed by atoms with van der Waals surface area (Å²) in [4.78, 5) is 25.2. The van der Waals surface area contributed by atoms with Crippen molar-refractivity contribution < 1.29 is 28.5 Å². The van der Waals surface area contributed by atoms with E-state index in [-0.39, 0.29) is 12.5 Å². The van der Waals surface area contributed by atoms with E-state index in [4.69, 9.17) is 18.9 Å². The van der Waals surface area contributed by atoms with Crippen LogP contribution in [0, 0.1) is 0 Å². The maximum absolute atomic E-state index is 11.8. The molecule has 0 spiro atoms. The van der Waals surface area contributed by atoms with Crippen LogP contribution in [0.1, 0.15) is 25.3 Å². The van der Waals surface area contributed by atoms with E-state index in [0.717, 1.165) is 12.8 Å². The number of carbonyl (C=O) groups excluding carboxylic acids is 2. The second-order valence-corrected chi connectivity index (χ2v) is 5.57. The fourth-order valence-electron chi connectivity index (χ4n) is 2.17. The van der Waals surface area contributed by atoms with Crippen molar-refractivity contribution in [1.29, 1.82) is 0 Å². The Morgan fingerprint density at radius 2 is 1.69 bits per heavy atom. The SMILES string of the molecule is CCCCN(C)C(=O)COC(=O)/C=C/c1cc(OC)c(OC)c(OC)c1. The molecular weight excluding hydrogens is 338 g/mol. The van der Waals surface area contributed by atoms with Gasteiger partial charge in [0.1, 0.15) is 0 Å². The van der Waals surface area contributed by atoms with Gasteiger partial charge in [0.2, 0.25) is 5.75 Å². The molecule has 0 N–H and O–H groups in total. The lowest BCUT2D eigenvalue weighted by atomic mass is 10.1. The second-order valence-electron chi connectivity index (χ2n) is 5.57. The van der Waals surface area contributed by atoms with Crippen LogP contribution in [0.5, 0.6) is 17.2 Å². The molecule has 0 atom stereocenters. The second kappa shape index (κ2) is 11.0. The number of hydrogen-bond donors (Lipinski definition) is 0. The van der Waals surface area contributed by atoms with Gasteiger partial charge in [-0.15, -0.1) is 0 Å². The quantitative estimate of drug-likeness (QED) is 0.469. The van der Waals surface area contributed by atoms with Crippen molar-refractivity contribution >= 4 is 18.0 Å². The first-order valence-corrected chi connectivity index (χ1v) is 8.35. The van der Waals surface area contributed by atoms with Crippen LogP contribution in [0.4, 0.5) is 0 Å². The van der Waals surface area contributed by atoms with E-state index < -0.39 is 5.97 Å². The molecular formula is C19H27NO6. The van der Waals surface area contributed by atoms with Gasteiger partial charge in [-0.25, -0.2) is 4.79 Å². The fourth-order valence-corrected chi connectivity index (χ4v) is 2.17. The number of amides is 1. The summed E-state index contributed by atoms with van der Waals surface area (Å²) in [5, 5.41) is 0. The first kappa shape index (κ1) is 21.3. The van der Waals surface area contributed by atoms with Gasteiger partial charge in [-0.3, -0.25) is 4.79 Å². The molecule has 1 rings (SSSR count). The Bertz CT molecular complexity index is 616. The van der Waals surface area contributed by atoms with Gasteiger partial charge >= 0.3 is 5.97 Å². The molecule has 1 amide bonds. The van der Waals surface area contributed by atoms with Crippen molar-refractivity contribution in [1.82, 2.24) is 4.90 Å². The van der Waals surface area contributed by atoms with Crippen LogP contribution < -0.4 is 14.2 Å². The maximum Gasteiger partial charge on any atom is 0.331 e. The standard InChI is InChI=1S/C19H27NO6/c1-6-7-10-20(2)17(21)13-26-18(22)9-8-14-11-15(23-3)19(25-5)16(12-14)24-4/h8-9,11-12H,6-7,10,13H2,1-5H3/b9-8+. The van der Waals surface area contributed by atoms with Crippen LogP contribution in [0.25, 0.3) is 6.08 Å². The average molecular weight is 365 g/mol. The highest BCUT2D eigenvalue weighted by Gasteiger charge is 2.13. The Morgan fingerprint density at radius 1 is 1.08 bits per heavy atom. The van der Waals surface area contributed by atoms with E-state index in [0.29, 0.717) is 29.4 Å². The minimum atomic E-state index is -0.601.